The molecule has 0 radical (unpaired) electrons. The standard InChI is InChI=1S/C12H16Cl2N2O/c1-4-8(3)16(5-2)12(17)9-6-7-10(13)15-11(9)14/h6-8H,4-5H2,1-3H3. The molecule has 0 bridgehead atoms. The summed E-state index contributed by atoms with van der Waals surface area (Å²) in [6.45, 7) is 6.65. The van der Waals surface area contributed by atoms with Crippen LogP contribution in [0.1, 0.15) is 37.6 Å². The first-order valence-electron chi connectivity index (χ1n) is 5.64. The van der Waals surface area contributed by atoms with Crippen molar-refractivity contribution in [2.75, 3.05) is 6.54 Å². The molecule has 0 saturated heterocycles. The maximum Gasteiger partial charge on any atom is 0.257 e. The Labute approximate surface area is 112 Å². The average Bonchev–Trinajstić information content (AvgIpc) is 2.29. The first kappa shape index (κ1) is 14.3. The molecule has 17 heavy (non-hydrogen) atoms. The van der Waals surface area contributed by atoms with Crippen molar-refractivity contribution < 1.29 is 4.79 Å². The van der Waals surface area contributed by atoms with Gasteiger partial charge < -0.3 is 4.90 Å². The lowest BCUT2D eigenvalue weighted by molar-refractivity contribution is 0.0700. The molecular weight excluding hydrogens is 259 g/mol. The Balaban J connectivity index is 3.02. The minimum atomic E-state index is -0.101. The predicted octanol–water partition coefficient (Wildman–Crippen LogP) is 3.65. The van der Waals surface area contributed by atoms with Crippen LogP contribution in [0.15, 0.2) is 12.1 Å². The lowest BCUT2D eigenvalue weighted by Gasteiger charge is -2.27. The number of hydrogen-bond donors (Lipinski definition) is 0. The van der Waals surface area contributed by atoms with Crippen molar-refractivity contribution in [3.8, 4) is 0 Å². The van der Waals surface area contributed by atoms with E-state index in [1.54, 1.807) is 17.0 Å². The summed E-state index contributed by atoms with van der Waals surface area (Å²) in [5, 5.41) is 0.447. The van der Waals surface area contributed by atoms with E-state index in [-0.39, 0.29) is 22.3 Å². The van der Waals surface area contributed by atoms with Gasteiger partial charge in [0.05, 0.1) is 5.56 Å². The Kier molecular flexibility index (Phi) is 5.22. The second-order valence-electron chi connectivity index (χ2n) is 3.82. The van der Waals surface area contributed by atoms with E-state index in [2.05, 4.69) is 4.98 Å². The van der Waals surface area contributed by atoms with E-state index >= 15 is 0 Å². The van der Waals surface area contributed by atoms with Gasteiger partial charge in [-0.1, -0.05) is 30.1 Å². The van der Waals surface area contributed by atoms with Crippen LogP contribution in [0.4, 0.5) is 0 Å². The van der Waals surface area contributed by atoms with Crippen LogP contribution in [0.2, 0.25) is 10.3 Å². The summed E-state index contributed by atoms with van der Waals surface area (Å²) >= 11 is 11.6. The normalized spacial score (nSPS) is 12.3. The molecule has 1 amide bonds. The number of aromatic nitrogens is 1. The zero-order valence-electron chi connectivity index (χ0n) is 10.2. The predicted molar refractivity (Wildman–Crippen MR) is 70.7 cm³/mol. The van der Waals surface area contributed by atoms with Crippen molar-refractivity contribution in [3.63, 3.8) is 0 Å². The molecule has 0 aliphatic carbocycles. The monoisotopic (exact) mass is 274 g/mol. The van der Waals surface area contributed by atoms with Crippen LogP contribution in [0.25, 0.3) is 0 Å². The van der Waals surface area contributed by atoms with Gasteiger partial charge in [0.25, 0.3) is 5.91 Å². The summed E-state index contributed by atoms with van der Waals surface area (Å²) in [5.41, 5.74) is 0.401. The van der Waals surface area contributed by atoms with Crippen LogP contribution in [0.3, 0.4) is 0 Å². The maximum absolute atomic E-state index is 12.3. The van der Waals surface area contributed by atoms with Crippen molar-refractivity contribution >= 4 is 29.1 Å². The fourth-order valence-corrected chi connectivity index (χ4v) is 2.03. The van der Waals surface area contributed by atoms with Crippen LogP contribution in [0, 0.1) is 0 Å². The van der Waals surface area contributed by atoms with Crippen molar-refractivity contribution in [3.05, 3.63) is 28.0 Å². The third kappa shape index (κ3) is 3.33. The number of carbonyl (C=O) groups is 1. The fraction of sp³-hybridized carbons (Fsp3) is 0.500. The number of amides is 1. The highest BCUT2D eigenvalue weighted by molar-refractivity contribution is 6.34. The van der Waals surface area contributed by atoms with Gasteiger partial charge in [-0.2, -0.15) is 0 Å². The zero-order chi connectivity index (χ0) is 13.0. The molecule has 0 spiro atoms. The second-order valence-corrected chi connectivity index (χ2v) is 4.57. The quantitative estimate of drug-likeness (QED) is 0.786. The molecule has 1 unspecified atom stereocenters. The van der Waals surface area contributed by atoms with Gasteiger partial charge in [0, 0.05) is 12.6 Å². The molecule has 1 atom stereocenters. The van der Waals surface area contributed by atoms with Gasteiger partial charge >= 0.3 is 0 Å². The van der Waals surface area contributed by atoms with Gasteiger partial charge in [0.1, 0.15) is 10.3 Å². The van der Waals surface area contributed by atoms with Crippen LogP contribution in [-0.2, 0) is 0 Å². The number of nitrogens with zero attached hydrogens (tertiary/aromatic N) is 2. The summed E-state index contributed by atoms with van der Waals surface area (Å²) < 4.78 is 0. The van der Waals surface area contributed by atoms with E-state index in [1.807, 2.05) is 20.8 Å². The van der Waals surface area contributed by atoms with Crippen molar-refractivity contribution in [2.45, 2.75) is 33.2 Å². The van der Waals surface area contributed by atoms with Gasteiger partial charge in [-0.15, -0.1) is 0 Å². The Morgan fingerprint density at radius 1 is 1.41 bits per heavy atom. The molecule has 5 heteroatoms. The average molecular weight is 275 g/mol. The minimum Gasteiger partial charge on any atom is -0.336 e. The van der Waals surface area contributed by atoms with E-state index < -0.39 is 0 Å². The fourth-order valence-electron chi connectivity index (χ4n) is 1.60. The number of hydrogen-bond acceptors (Lipinski definition) is 2. The third-order valence-corrected chi connectivity index (χ3v) is 3.27. The summed E-state index contributed by atoms with van der Waals surface area (Å²) in [5.74, 6) is -0.101. The van der Waals surface area contributed by atoms with Crippen LogP contribution >= 0.6 is 23.2 Å². The molecule has 3 nitrogen and oxygen atoms in total. The number of rotatable bonds is 4. The van der Waals surface area contributed by atoms with Crippen molar-refractivity contribution in [1.82, 2.24) is 9.88 Å². The van der Waals surface area contributed by atoms with E-state index in [9.17, 15) is 4.79 Å². The lowest BCUT2D eigenvalue weighted by Crippen LogP contribution is -2.38. The highest BCUT2D eigenvalue weighted by atomic mass is 35.5. The molecular formula is C12H16Cl2N2O. The molecule has 1 aromatic heterocycles. The van der Waals surface area contributed by atoms with Gasteiger partial charge in [-0.3, -0.25) is 4.79 Å². The number of halogens is 2. The van der Waals surface area contributed by atoms with Crippen LogP contribution in [0.5, 0.6) is 0 Å². The molecule has 0 saturated carbocycles. The number of pyridine rings is 1. The van der Waals surface area contributed by atoms with Gasteiger partial charge in [0.15, 0.2) is 0 Å². The summed E-state index contributed by atoms with van der Waals surface area (Å²) in [7, 11) is 0. The van der Waals surface area contributed by atoms with Gasteiger partial charge in [0.2, 0.25) is 0 Å². The molecule has 1 rings (SSSR count). The van der Waals surface area contributed by atoms with E-state index in [4.69, 9.17) is 23.2 Å². The largest absolute Gasteiger partial charge is 0.336 e. The molecule has 0 N–H and O–H groups in total. The van der Waals surface area contributed by atoms with Gasteiger partial charge in [-0.05, 0) is 32.4 Å². The minimum absolute atomic E-state index is 0.101. The summed E-state index contributed by atoms with van der Waals surface area (Å²) in [6.07, 6.45) is 0.901. The topological polar surface area (TPSA) is 33.2 Å². The van der Waals surface area contributed by atoms with E-state index in [0.29, 0.717) is 12.1 Å². The molecule has 0 aliphatic heterocycles. The number of carbonyl (C=O) groups excluding carboxylic acids is 1. The molecule has 94 valence electrons. The van der Waals surface area contributed by atoms with E-state index in [0.717, 1.165) is 6.42 Å². The first-order chi connectivity index (χ1) is 8.01. The zero-order valence-corrected chi connectivity index (χ0v) is 11.7. The highest BCUT2D eigenvalue weighted by Gasteiger charge is 2.21. The molecule has 1 aromatic rings. The van der Waals surface area contributed by atoms with Crippen LogP contribution in [-0.4, -0.2) is 28.4 Å². The van der Waals surface area contributed by atoms with Gasteiger partial charge in [-0.25, -0.2) is 4.98 Å². The molecule has 0 aromatic carbocycles. The first-order valence-corrected chi connectivity index (χ1v) is 6.39. The SMILES string of the molecule is CCC(C)N(CC)C(=O)c1ccc(Cl)nc1Cl. The highest BCUT2D eigenvalue weighted by Crippen LogP contribution is 2.19. The Morgan fingerprint density at radius 2 is 2.06 bits per heavy atom. The third-order valence-electron chi connectivity index (χ3n) is 2.77. The lowest BCUT2D eigenvalue weighted by atomic mass is 10.1. The van der Waals surface area contributed by atoms with E-state index in [1.165, 1.54) is 0 Å². The Bertz CT molecular complexity index is 409. The Hall–Kier alpha value is -0.800. The summed E-state index contributed by atoms with van der Waals surface area (Å²) in [4.78, 5) is 17.9. The Morgan fingerprint density at radius 3 is 2.53 bits per heavy atom. The molecule has 0 fully saturated rings. The summed E-state index contributed by atoms with van der Waals surface area (Å²) in [6, 6.07) is 3.37. The molecule has 1 heterocycles. The molecule has 0 aliphatic rings. The van der Waals surface area contributed by atoms with Crippen molar-refractivity contribution in [1.29, 1.82) is 0 Å². The van der Waals surface area contributed by atoms with Crippen LogP contribution < -0.4 is 0 Å². The smallest absolute Gasteiger partial charge is 0.257 e. The second kappa shape index (κ2) is 6.22. The van der Waals surface area contributed by atoms with Crippen molar-refractivity contribution in [2.24, 2.45) is 0 Å². The maximum atomic E-state index is 12.3.